The molecule has 0 bridgehead atoms. The van der Waals surface area contributed by atoms with Crippen molar-refractivity contribution >= 4 is 41.0 Å². The molecule has 0 saturated heterocycles. The Balaban J connectivity index is 1.54. The molecule has 5 aromatic rings. The molecule has 6 rings (SSSR count). The first-order valence-corrected chi connectivity index (χ1v) is 14.7. The minimum Gasteiger partial charge on any atom is -0.466 e. The fourth-order valence-corrected chi connectivity index (χ4v) is 6.27. The minimum absolute atomic E-state index is 0.232. The van der Waals surface area contributed by atoms with E-state index in [0.29, 0.717) is 42.4 Å². The molecule has 0 spiro atoms. The van der Waals surface area contributed by atoms with Crippen LogP contribution in [0.3, 0.4) is 0 Å². The third-order valence-electron chi connectivity index (χ3n) is 7.24. The highest BCUT2D eigenvalue weighted by molar-refractivity contribution is 7.07. The molecule has 9 nitrogen and oxygen atoms in total. The molecule has 11 heteroatoms. The maximum Gasteiger partial charge on any atom is 0.338 e. The lowest BCUT2D eigenvalue weighted by Crippen LogP contribution is -2.39. The van der Waals surface area contributed by atoms with E-state index in [1.165, 1.54) is 30.1 Å². The van der Waals surface area contributed by atoms with E-state index in [9.17, 15) is 14.4 Å². The monoisotopic (exact) mass is 624 g/mol. The van der Waals surface area contributed by atoms with Gasteiger partial charge in [-0.15, -0.1) is 0 Å². The maximum atomic E-state index is 14.1. The molecule has 44 heavy (non-hydrogen) atoms. The van der Waals surface area contributed by atoms with Crippen LogP contribution in [0.15, 0.2) is 106 Å². The average Bonchev–Trinajstić information content (AvgIpc) is 3.61. The standard InChI is InChI=1S/C33H25ClN4O5S/c1-19-27(32(41)43-3)29(21-9-11-22(12-10-21)31(40)42-2)38-30(39)26(44-33(38)35-19)17-23-18-37(25-7-5-4-6-8-25)36-28(23)20-13-15-24(34)16-14-20/h4-18,29H,1-3H3. The van der Waals surface area contributed by atoms with Crippen molar-refractivity contribution in [2.45, 2.75) is 13.0 Å². The Morgan fingerprint density at radius 1 is 0.932 bits per heavy atom. The van der Waals surface area contributed by atoms with Gasteiger partial charge in [0.05, 0.1) is 47.3 Å². The Morgan fingerprint density at radius 2 is 1.61 bits per heavy atom. The second-order valence-electron chi connectivity index (χ2n) is 9.91. The predicted octanol–water partition coefficient (Wildman–Crippen LogP) is 4.70. The topological polar surface area (TPSA) is 105 Å². The van der Waals surface area contributed by atoms with Crippen molar-refractivity contribution in [3.63, 3.8) is 0 Å². The number of para-hydroxylation sites is 1. The number of fused-ring (bicyclic) bond motifs is 1. The van der Waals surface area contributed by atoms with Crippen LogP contribution in [0.1, 0.15) is 34.5 Å². The van der Waals surface area contributed by atoms with E-state index in [-0.39, 0.29) is 11.1 Å². The lowest BCUT2D eigenvalue weighted by Gasteiger charge is -2.24. The summed E-state index contributed by atoms with van der Waals surface area (Å²) in [6.07, 6.45) is 3.65. The summed E-state index contributed by atoms with van der Waals surface area (Å²) >= 11 is 7.37. The summed E-state index contributed by atoms with van der Waals surface area (Å²) in [7, 11) is 2.59. The molecule has 0 fully saturated rings. The van der Waals surface area contributed by atoms with Crippen LogP contribution in [0.5, 0.6) is 0 Å². The number of methoxy groups -OCH3 is 2. The van der Waals surface area contributed by atoms with Crippen LogP contribution in [0.2, 0.25) is 5.02 Å². The molecule has 0 saturated carbocycles. The zero-order valence-electron chi connectivity index (χ0n) is 23.9. The number of halogens is 1. The van der Waals surface area contributed by atoms with Gasteiger partial charge in [0, 0.05) is 22.3 Å². The summed E-state index contributed by atoms with van der Waals surface area (Å²) in [5.41, 5.74) is 4.35. The van der Waals surface area contributed by atoms with Crippen LogP contribution < -0.4 is 14.9 Å². The Labute approximate surface area is 260 Å². The maximum absolute atomic E-state index is 14.1. The molecule has 1 unspecified atom stereocenters. The van der Waals surface area contributed by atoms with Crippen LogP contribution >= 0.6 is 22.9 Å². The number of hydrogen-bond acceptors (Lipinski definition) is 8. The van der Waals surface area contributed by atoms with Gasteiger partial charge in [0.2, 0.25) is 0 Å². The number of hydrogen-bond donors (Lipinski definition) is 0. The van der Waals surface area contributed by atoms with Crippen LogP contribution in [-0.4, -0.2) is 40.5 Å². The lowest BCUT2D eigenvalue weighted by molar-refractivity contribution is -0.136. The molecule has 1 aliphatic heterocycles. The Bertz CT molecular complexity index is 2110. The number of aromatic nitrogens is 3. The summed E-state index contributed by atoms with van der Waals surface area (Å²) in [5, 5.41) is 5.45. The van der Waals surface area contributed by atoms with Gasteiger partial charge in [-0.3, -0.25) is 9.36 Å². The van der Waals surface area contributed by atoms with Crippen molar-refractivity contribution in [2.24, 2.45) is 4.99 Å². The predicted molar refractivity (Wildman–Crippen MR) is 168 cm³/mol. The number of allylic oxidation sites excluding steroid dienone is 1. The van der Waals surface area contributed by atoms with E-state index < -0.39 is 18.0 Å². The molecule has 0 amide bonds. The van der Waals surface area contributed by atoms with E-state index in [1.807, 2.05) is 48.7 Å². The summed E-state index contributed by atoms with van der Waals surface area (Å²) in [4.78, 5) is 44.3. The first-order valence-electron chi connectivity index (χ1n) is 13.5. The fourth-order valence-electron chi connectivity index (χ4n) is 5.11. The quantitative estimate of drug-likeness (QED) is 0.254. The molecule has 1 aliphatic rings. The van der Waals surface area contributed by atoms with E-state index in [4.69, 9.17) is 26.2 Å². The van der Waals surface area contributed by atoms with E-state index in [2.05, 4.69) is 4.99 Å². The van der Waals surface area contributed by atoms with Crippen molar-refractivity contribution < 1.29 is 19.1 Å². The normalized spacial score (nSPS) is 14.6. The van der Waals surface area contributed by atoms with Crippen molar-refractivity contribution in [3.05, 3.63) is 138 Å². The lowest BCUT2D eigenvalue weighted by atomic mass is 9.95. The second-order valence-corrected chi connectivity index (χ2v) is 11.4. The number of nitrogens with zero attached hydrogens (tertiary/aromatic N) is 4. The van der Waals surface area contributed by atoms with Crippen molar-refractivity contribution in [1.82, 2.24) is 14.3 Å². The van der Waals surface area contributed by atoms with Gasteiger partial charge in [-0.1, -0.05) is 65.4 Å². The number of carbonyl (C=O) groups excluding carboxylic acids is 2. The molecule has 220 valence electrons. The number of benzene rings is 3. The highest BCUT2D eigenvalue weighted by Crippen LogP contribution is 2.31. The molecule has 0 N–H and O–H groups in total. The summed E-state index contributed by atoms with van der Waals surface area (Å²) in [6, 6.07) is 22.8. The van der Waals surface area contributed by atoms with Crippen LogP contribution in [-0.2, 0) is 14.3 Å². The summed E-state index contributed by atoms with van der Waals surface area (Å²) in [5.74, 6) is -1.09. The van der Waals surface area contributed by atoms with Gasteiger partial charge >= 0.3 is 11.9 Å². The van der Waals surface area contributed by atoms with Gasteiger partial charge in [-0.2, -0.15) is 5.10 Å². The van der Waals surface area contributed by atoms with Gasteiger partial charge in [0.1, 0.15) is 5.69 Å². The number of esters is 2. The largest absolute Gasteiger partial charge is 0.466 e. The number of rotatable bonds is 6. The van der Waals surface area contributed by atoms with Gasteiger partial charge < -0.3 is 9.47 Å². The number of carbonyl (C=O) groups is 2. The number of ether oxygens (including phenoxy) is 2. The minimum atomic E-state index is -0.824. The summed E-state index contributed by atoms with van der Waals surface area (Å²) < 4.78 is 13.6. The van der Waals surface area contributed by atoms with E-state index in [0.717, 1.165) is 11.3 Å². The van der Waals surface area contributed by atoms with E-state index in [1.54, 1.807) is 54.1 Å². The first kappa shape index (κ1) is 29.0. The molecule has 0 aliphatic carbocycles. The van der Waals surface area contributed by atoms with Gasteiger partial charge in [0.25, 0.3) is 5.56 Å². The zero-order chi connectivity index (χ0) is 31.0. The zero-order valence-corrected chi connectivity index (χ0v) is 25.4. The molecule has 2 aromatic heterocycles. The van der Waals surface area contributed by atoms with Crippen molar-refractivity contribution in [2.75, 3.05) is 14.2 Å². The molecule has 0 radical (unpaired) electrons. The van der Waals surface area contributed by atoms with Gasteiger partial charge in [-0.25, -0.2) is 19.3 Å². The number of thiazole rings is 1. The Hall–Kier alpha value is -5.06. The molecule has 3 aromatic carbocycles. The molecule has 3 heterocycles. The second kappa shape index (κ2) is 11.9. The average molecular weight is 625 g/mol. The van der Waals surface area contributed by atoms with E-state index >= 15 is 0 Å². The highest BCUT2D eigenvalue weighted by Gasteiger charge is 2.33. The van der Waals surface area contributed by atoms with Gasteiger partial charge in [0.15, 0.2) is 4.80 Å². The molecular formula is C33H25ClN4O5S. The molecule has 1 atom stereocenters. The smallest absolute Gasteiger partial charge is 0.338 e. The fraction of sp³-hybridized carbons (Fsp3) is 0.121. The van der Waals surface area contributed by atoms with Crippen molar-refractivity contribution in [1.29, 1.82) is 0 Å². The summed E-state index contributed by atoms with van der Waals surface area (Å²) in [6.45, 7) is 1.71. The first-order chi connectivity index (χ1) is 21.3. The van der Waals surface area contributed by atoms with Crippen LogP contribution in [0.4, 0.5) is 0 Å². The van der Waals surface area contributed by atoms with Crippen LogP contribution in [0.25, 0.3) is 23.0 Å². The SMILES string of the molecule is COC(=O)C1=C(C)N=c2sc(=Cc3cn(-c4ccccc4)nc3-c3ccc(Cl)cc3)c(=O)n2C1c1ccc(C(=O)OC)cc1. The third kappa shape index (κ3) is 5.29. The van der Waals surface area contributed by atoms with Crippen molar-refractivity contribution in [3.8, 4) is 16.9 Å². The Morgan fingerprint density at radius 3 is 2.27 bits per heavy atom. The van der Waals surface area contributed by atoms with Crippen LogP contribution in [0, 0.1) is 0 Å². The highest BCUT2D eigenvalue weighted by atomic mass is 35.5. The third-order valence-corrected chi connectivity index (χ3v) is 8.48. The van der Waals surface area contributed by atoms with Gasteiger partial charge in [-0.05, 0) is 55.0 Å². The molecular weight excluding hydrogens is 600 g/mol. The Kier molecular flexibility index (Phi) is 7.86.